The van der Waals surface area contributed by atoms with E-state index in [1.54, 1.807) is 38.6 Å². The van der Waals surface area contributed by atoms with Gasteiger partial charge in [-0.25, -0.2) is 0 Å². The molecule has 0 spiro atoms. The molecular weight excluding hydrogens is 256 g/mol. The first-order valence-corrected chi connectivity index (χ1v) is 6.25. The maximum absolute atomic E-state index is 5.76. The van der Waals surface area contributed by atoms with Crippen molar-refractivity contribution in [1.29, 1.82) is 0 Å². The van der Waals surface area contributed by atoms with E-state index in [-0.39, 0.29) is 6.04 Å². The van der Waals surface area contributed by atoms with Crippen LogP contribution in [0.4, 0.5) is 0 Å². The molecule has 0 amide bonds. The van der Waals surface area contributed by atoms with Gasteiger partial charge < -0.3 is 19.9 Å². The zero-order valence-electron chi connectivity index (χ0n) is 11.8. The molecule has 0 unspecified atom stereocenters. The zero-order chi connectivity index (χ0) is 14.5. The van der Waals surface area contributed by atoms with Crippen LogP contribution in [0.2, 0.25) is 0 Å². The van der Waals surface area contributed by atoms with Crippen molar-refractivity contribution in [2.75, 3.05) is 14.2 Å². The third-order valence-corrected chi connectivity index (χ3v) is 2.79. The minimum Gasteiger partial charge on any atom is -0.496 e. The summed E-state index contributed by atoms with van der Waals surface area (Å²) in [6.07, 6.45) is 1.64. The molecule has 0 saturated heterocycles. The molecule has 0 saturated carbocycles. The van der Waals surface area contributed by atoms with Gasteiger partial charge in [0.2, 0.25) is 0 Å². The fourth-order valence-electron chi connectivity index (χ4n) is 1.70. The number of ether oxygens (including phenoxy) is 3. The highest BCUT2D eigenvalue weighted by Crippen LogP contribution is 2.30. The van der Waals surface area contributed by atoms with E-state index in [0.717, 1.165) is 5.69 Å². The SMILES string of the molecule is COc1cc(OC)cc(Oc2ccc([C@H](C)N)nc2)c1. The summed E-state index contributed by atoms with van der Waals surface area (Å²) in [6.45, 7) is 1.88. The average molecular weight is 274 g/mol. The molecule has 2 aromatic rings. The first kappa shape index (κ1) is 14.1. The number of pyridine rings is 1. The lowest BCUT2D eigenvalue weighted by Crippen LogP contribution is -2.06. The Morgan fingerprint density at radius 1 is 0.950 bits per heavy atom. The van der Waals surface area contributed by atoms with Crippen LogP contribution in [-0.2, 0) is 0 Å². The van der Waals surface area contributed by atoms with E-state index in [0.29, 0.717) is 23.0 Å². The first-order valence-electron chi connectivity index (χ1n) is 6.25. The molecule has 1 heterocycles. The number of methoxy groups -OCH3 is 2. The number of aromatic nitrogens is 1. The van der Waals surface area contributed by atoms with Gasteiger partial charge in [-0.3, -0.25) is 4.98 Å². The van der Waals surface area contributed by atoms with Gasteiger partial charge in [-0.05, 0) is 19.1 Å². The standard InChI is InChI=1S/C15H18N2O3/c1-10(16)15-5-4-11(9-17-15)20-14-7-12(18-2)6-13(8-14)19-3/h4-10H,16H2,1-3H3/t10-/m0/s1. The summed E-state index contributed by atoms with van der Waals surface area (Å²) in [5.74, 6) is 2.58. The lowest BCUT2D eigenvalue weighted by molar-refractivity contribution is 0.386. The molecule has 2 rings (SSSR count). The quantitative estimate of drug-likeness (QED) is 0.908. The molecule has 1 aromatic heterocycles. The summed E-state index contributed by atoms with van der Waals surface area (Å²) < 4.78 is 16.1. The van der Waals surface area contributed by atoms with E-state index in [1.807, 2.05) is 19.1 Å². The van der Waals surface area contributed by atoms with Crippen LogP contribution in [0.1, 0.15) is 18.7 Å². The lowest BCUT2D eigenvalue weighted by Gasteiger charge is -2.10. The van der Waals surface area contributed by atoms with Crippen molar-refractivity contribution in [2.45, 2.75) is 13.0 Å². The van der Waals surface area contributed by atoms with Crippen LogP contribution >= 0.6 is 0 Å². The summed E-state index contributed by atoms with van der Waals surface area (Å²) in [5.41, 5.74) is 6.58. The van der Waals surface area contributed by atoms with Crippen LogP contribution in [0.15, 0.2) is 36.5 Å². The van der Waals surface area contributed by atoms with Gasteiger partial charge in [0.05, 0.1) is 26.1 Å². The van der Waals surface area contributed by atoms with Gasteiger partial charge in [0.25, 0.3) is 0 Å². The van der Waals surface area contributed by atoms with E-state index in [2.05, 4.69) is 4.98 Å². The number of benzene rings is 1. The van der Waals surface area contributed by atoms with Crippen LogP contribution in [0, 0.1) is 0 Å². The van der Waals surface area contributed by atoms with Crippen molar-refractivity contribution in [3.05, 3.63) is 42.2 Å². The normalized spacial score (nSPS) is 11.8. The van der Waals surface area contributed by atoms with Gasteiger partial charge in [0.1, 0.15) is 23.0 Å². The Morgan fingerprint density at radius 3 is 2.00 bits per heavy atom. The van der Waals surface area contributed by atoms with Gasteiger partial charge in [-0.1, -0.05) is 0 Å². The molecule has 0 aliphatic rings. The molecule has 0 fully saturated rings. The smallest absolute Gasteiger partial charge is 0.145 e. The monoisotopic (exact) mass is 274 g/mol. The second-order valence-electron chi connectivity index (χ2n) is 4.36. The summed E-state index contributed by atoms with van der Waals surface area (Å²) in [4.78, 5) is 4.25. The van der Waals surface area contributed by atoms with Gasteiger partial charge in [-0.2, -0.15) is 0 Å². The second-order valence-corrected chi connectivity index (χ2v) is 4.36. The number of hydrogen-bond donors (Lipinski definition) is 1. The average Bonchev–Trinajstić information content (AvgIpc) is 2.47. The molecule has 5 nitrogen and oxygen atoms in total. The zero-order valence-corrected chi connectivity index (χ0v) is 11.8. The Kier molecular flexibility index (Phi) is 4.42. The third kappa shape index (κ3) is 3.39. The fourth-order valence-corrected chi connectivity index (χ4v) is 1.70. The minimum absolute atomic E-state index is 0.0963. The molecular formula is C15H18N2O3. The summed E-state index contributed by atoms with van der Waals surface area (Å²) in [7, 11) is 3.19. The van der Waals surface area contributed by atoms with Gasteiger partial charge in [0, 0.05) is 24.2 Å². The van der Waals surface area contributed by atoms with Crippen molar-refractivity contribution in [3.63, 3.8) is 0 Å². The van der Waals surface area contributed by atoms with E-state index < -0.39 is 0 Å². The van der Waals surface area contributed by atoms with E-state index in [9.17, 15) is 0 Å². The molecule has 0 aliphatic heterocycles. The van der Waals surface area contributed by atoms with Crippen molar-refractivity contribution < 1.29 is 14.2 Å². The number of nitrogens with two attached hydrogens (primary N) is 1. The van der Waals surface area contributed by atoms with Gasteiger partial charge in [-0.15, -0.1) is 0 Å². The number of hydrogen-bond acceptors (Lipinski definition) is 5. The van der Waals surface area contributed by atoms with E-state index in [1.165, 1.54) is 0 Å². The fraction of sp³-hybridized carbons (Fsp3) is 0.267. The summed E-state index contributed by atoms with van der Waals surface area (Å²) in [6, 6.07) is 8.92. The van der Waals surface area contributed by atoms with Crippen LogP contribution in [0.5, 0.6) is 23.0 Å². The number of nitrogens with zero attached hydrogens (tertiary/aromatic N) is 1. The van der Waals surface area contributed by atoms with Crippen molar-refractivity contribution >= 4 is 0 Å². The highest BCUT2D eigenvalue weighted by atomic mass is 16.5. The largest absolute Gasteiger partial charge is 0.496 e. The molecule has 1 atom stereocenters. The molecule has 0 radical (unpaired) electrons. The summed E-state index contributed by atoms with van der Waals surface area (Å²) in [5, 5.41) is 0. The summed E-state index contributed by atoms with van der Waals surface area (Å²) >= 11 is 0. The topological polar surface area (TPSA) is 66.6 Å². The Hall–Kier alpha value is -2.27. The molecule has 5 heteroatoms. The molecule has 2 N–H and O–H groups in total. The van der Waals surface area contributed by atoms with E-state index >= 15 is 0 Å². The van der Waals surface area contributed by atoms with Crippen molar-refractivity contribution in [2.24, 2.45) is 5.73 Å². The van der Waals surface area contributed by atoms with Crippen LogP contribution in [0.3, 0.4) is 0 Å². The van der Waals surface area contributed by atoms with Crippen LogP contribution < -0.4 is 19.9 Å². The Morgan fingerprint density at radius 2 is 1.55 bits per heavy atom. The first-order chi connectivity index (χ1) is 9.62. The Labute approximate surface area is 118 Å². The second kappa shape index (κ2) is 6.25. The molecule has 20 heavy (non-hydrogen) atoms. The minimum atomic E-state index is -0.0963. The van der Waals surface area contributed by atoms with Gasteiger partial charge >= 0.3 is 0 Å². The maximum atomic E-state index is 5.76. The number of rotatable bonds is 5. The third-order valence-electron chi connectivity index (χ3n) is 2.79. The highest BCUT2D eigenvalue weighted by Gasteiger charge is 2.06. The molecule has 1 aromatic carbocycles. The van der Waals surface area contributed by atoms with E-state index in [4.69, 9.17) is 19.9 Å². The lowest BCUT2D eigenvalue weighted by atomic mass is 10.2. The Bertz CT molecular complexity index is 546. The van der Waals surface area contributed by atoms with Crippen LogP contribution in [0.25, 0.3) is 0 Å². The predicted molar refractivity (Wildman–Crippen MR) is 76.5 cm³/mol. The van der Waals surface area contributed by atoms with Crippen molar-refractivity contribution in [1.82, 2.24) is 4.98 Å². The van der Waals surface area contributed by atoms with Crippen molar-refractivity contribution in [3.8, 4) is 23.0 Å². The molecule has 0 aliphatic carbocycles. The van der Waals surface area contributed by atoms with Crippen LogP contribution in [-0.4, -0.2) is 19.2 Å². The molecule has 0 bridgehead atoms. The van der Waals surface area contributed by atoms with Gasteiger partial charge in [0.15, 0.2) is 0 Å². The Balaban J connectivity index is 2.20. The molecule has 106 valence electrons. The maximum Gasteiger partial charge on any atom is 0.145 e. The predicted octanol–water partition coefficient (Wildman–Crippen LogP) is 2.91. The highest BCUT2D eigenvalue weighted by molar-refractivity contribution is 5.43.